The lowest BCUT2D eigenvalue weighted by atomic mass is 9.94. The Morgan fingerprint density at radius 1 is 1.04 bits per heavy atom. The number of rotatable bonds is 4. The molecule has 2 saturated heterocycles. The van der Waals surface area contributed by atoms with E-state index in [9.17, 15) is 8.42 Å². The molecule has 7 heteroatoms. The van der Waals surface area contributed by atoms with Gasteiger partial charge in [0.15, 0.2) is 0 Å². The molecule has 0 spiro atoms. The fourth-order valence-corrected chi connectivity index (χ4v) is 6.07. The van der Waals surface area contributed by atoms with Crippen molar-refractivity contribution in [1.29, 1.82) is 0 Å². The van der Waals surface area contributed by atoms with Crippen molar-refractivity contribution in [1.82, 2.24) is 19.0 Å². The molecule has 142 valence electrons. The Bertz CT molecular complexity index is 697. The molecule has 3 rings (SSSR count). The first-order chi connectivity index (χ1) is 11.8. The van der Waals surface area contributed by atoms with Crippen LogP contribution in [0, 0.1) is 25.7 Å². The third kappa shape index (κ3) is 3.93. The normalized spacial score (nSPS) is 22.6. The van der Waals surface area contributed by atoms with Crippen LogP contribution in [-0.4, -0.2) is 60.1 Å². The summed E-state index contributed by atoms with van der Waals surface area (Å²) < 4.78 is 29.4. The Labute approximate surface area is 152 Å². The van der Waals surface area contributed by atoms with E-state index in [1.807, 2.05) is 6.92 Å². The average molecular weight is 369 g/mol. The van der Waals surface area contributed by atoms with Crippen LogP contribution in [0.25, 0.3) is 0 Å². The summed E-state index contributed by atoms with van der Waals surface area (Å²) in [5.74, 6) is 1.48. The predicted octanol–water partition coefficient (Wildman–Crippen LogP) is 2.17. The molecular weight excluding hydrogens is 336 g/mol. The van der Waals surface area contributed by atoms with Crippen LogP contribution < -0.4 is 0 Å². The first-order valence-corrected chi connectivity index (χ1v) is 11.0. The average Bonchev–Trinajstić information content (AvgIpc) is 2.83. The highest BCUT2D eigenvalue weighted by atomic mass is 32.2. The number of aromatic nitrogens is 2. The van der Waals surface area contributed by atoms with E-state index in [0.29, 0.717) is 29.6 Å². The van der Waals surface area contributed by atoms with Crippen molar-refractivity contribution in [3.8, 4) is 0 Å². The van der Waals surface area contributed by atoms with Crippen LogP contribution in [-0.2, 0) is 17.1 Å². The number of nitrogens with zero attached hydrogens (tertiary/aromatic N) is 4. The van der Waals surface area contributed by atoms with Crippen LogP contribution in [0.15, 0.2) is 4.90 Å². The van der Waals surface area contributed by atoms with Crippen molar-refractivity contribution >= 4 is 10.0 Å². The summed E-state index contributed by atoms with van der Waals surface area (Å²) in [7, 11) is -1.63. The van der Waals surface area contributed by atoms with Gasteiger partial charge in [0.25, 0.3) is 0 Å². The summed E-state index contributed by atoms with van der Waals surface area (Å²) >= 11 is 0. The second kappa shape index (κ2) is 7.37. The van der Waals surface area contributed by atoms with Crippen LogP contribution in [0.4, 0.5) is 0 Å². The SMILES string of the molecule is Cc1nn(C)c(C)c1S(=O)(=O)N1CCC(CN2CCC(C)CC2)CC1. The monoisotopic (exact) mass is 368 g/mol. The van der Waals surface area contributed by atoms with Crippen LogP contribution >= 0.6 is 0 Å². The number of sulfonamides is 1. The molecule has 2 fully saturated rings. The van der Waals surface area contributed by atoms with Crippen molar-refractivity contribution in [3.05, 3.63) is 11.4 Å². The maximum Gasteiger partial charge on any atom is 0.246 e. The largest absolute Gasteiger partial charge is 0.303 e. The Balaban J connectivity index is 1.60. The smallest absolute Gasteiger partial charge is 0.246 e. The zero-order valence-corrected chi connectivity index (χ0v) is 16.8. The Hall–Kier alpha value is -0.920. The van der Waals surface area contributed by atoms with Crippen LogP contribution in [0.5, 0.6) is 0 Å². The van der Waals surface area contributed by atoms with Gasteiger partial charge in [-0.1, -0.05) is 6.92 Å². The van der Waals surface area contributed by atoms with Gasteiger partial charge in [-0.3, -0.25) is 4.68 Å². The molecule has 2 aliphatic rings. The number of aryl methyl sites for hydroxylation is 2. The third-order valence-corrected chi connectivity index (χ3v) is 8.16. The van der Waals surface area contributed by atoms with Gasteiger partial charge < -0.3 is 4.90 Å². The van der Waals surface area contributed by atoms with Gasteiger partial charge in [-0.15, -0.1) is 0 Å². The Morgan fingerprint density at radius 2 is 1.64 bits per heavy atom. The zero-order chi connectivity index (χ0) is 18.2. The second-order valence-electron chi connectivity index (χ2n) is 7.95. The number of likely N-dealkylation sites (tertiary alicyclic amines) is 1. The van der Waals surface area contributed by atoms with E-state index in [2.05, 4.69) is 16.9 Å². The van der Waals surface area contributed by atoms with Gasteiger partial charge >= 0.3 is 0 Å². The van der Waals surface area contributed by atoms with Crippen LogP contribution in [0.1, 0.15) is 44.0 Å². The fourth-order valence-electron chi connectivity index (χ4n) is 4.20. The summed E-state index contributed by atoms with van der Waals surface area (Å²) in [6, 6.07) is 0. The van der Waals surface area contributed by atoms with Gasteiger partial charge in [0.2, 0.25) is 10.0 Å². The molecule has 0 amide bonds. The highest BCUT2D eigenvalue weighted by Gasteiger charge is 2.34. The molecule has 0 radical (unpaired) electrons. The Kier molecular flexibility index (Phi) is 5.56. The molecule has 0 bridgehead atoms. The van der Waals surface area contributed by atoms with Crippen molar-refractivity contribution in [2.75, 3.05) is 32.7 Å². The number of piperidine rings is 2. The van der Waals surface area contributed by atoms with Gasteiger partial charge in [0.05, 0.1) is 11.4 Å². The predicted molar refractivity (Wildman–Crippen MR) is 99.0 cm³/mol. The standard InChI is InChI=1S/C18H32N4O2S/c1-14-5-9-21(10-6-14)13-17-7-11-22(12-8-17)25(23,24)18-15(2)19-20(4)16(18)3/h14,17H,5-13H2,1-4H3. The molecule has 0 atom stereocenters. The number of hydrogen-bond donors (Lipinski definition) is 0. The molecule has 25 heavy (non-hydrogen) atoms. The molecule has 1 aromatic heterocycles. The van der Waals surface area contributed by atoms with E-state index < -0.39 is 10.0 Å². The zero-order valence-electron chi connectivity index (χ0n) is 16.0. The molecule has 0 aromatic carbocycles. The van der Waals surface area contributed by atoms with E-state index in [1.165, 1.54) is 25.9 Å². The molecule has 0 unspecified atom stereocenters. The van der Waals surface area contributed by atoms with Crippen LogP contribution in [0.2, 0.25) is 0 Å². The maximum atomic E-state index is 13.0. The molecule has 0 N–H and O–H groups in total. The van der Waals surface area contributed by atoms with Crippen molar-refractivity contribution in [2.45, 2.75) is 51.3 Å². The quantitative estimate of drug-likeness (QED) is 0.817. The lowest BCUT2D eigenvalue weighted by molar-refractivity contribution is 0.142. The van der Waals surface area contributed by atoms with Crippen LogP contribution in [0.3, 0.4) is 0 Å². The minimum atomic E-state index is -3.43. The maximum absolute atomic E-state index is 13.0. The molecule has 1 aromatic rings. The first kappa shape index (κ1) is 18.9. The van der Waals surface area contributed by atoms with Crippen molar-refractivity contribution in [3.63, 3.8) is 0 Å². The third-order valence-electron chi connectivity index (χ3n) is 6.01. The van der Waals surface area contributed by atoms with E-state index >= 15 is 0 Å². The van der Waals surface area contributed by atoms with Gasteiger partial charge in [-0.25, -0.2) is 8.42 Å². The molecule has 6 nitrogen and oxygen atoms in total. The fraction of sp³-hybridized carbons (Fsp3) is 0.833. The van der Waals surface area contributed by atoms with Crippen molar-refractivity contribution in [2.24, 2.45) is 18.9 Å². The summed E-state index contributed by atoms with van der Waals surface area (Å²) in [4.78, 5) is 2.98. The molecular formula is C18H32N4O2S. The van der Waals surface area contributed by atoms with Gasteiger partial charge in [0.1, 0.15) is 4.90 Å². The van der Waals surface area contributed by atoms with Crippen molar-refractivity contribution < 1.29 is 8.42 Å². The summed E-state index contributed by atoms with van der Waals surface area (Å²) in [6.45, 7) is 10.7. The lowest BCUT2D eigenvalue weighted by Gasteiger charge is -2.36. The lowest BCUT2D eigenvalue weighted by Crippen LogP contribution is -2.43. The van der Waals surface area contributed by atoms with Gasteiger partial charge in [-0.2, -0.15) is 9.40 Å². The molecule has 3 heterocycles. The summed E-state index contributed by atoms with van der Waals surface area (Å²) in [5, 5.41) is 4.27. The second-order valence-corrected chi connectivity index (χ2v) is 9.83. The number of hydrogen-bond acceptors (Lipinski definition) is 4. The minimum absolute atomic E-state index is 0.401. The first-order valence-electron chi connectivity index (χ1n) is 9.51. The Morgan fingerprint density at radius 3 is 2.16 bits per heavy atom. The van der Waals surface area contributed by atoms with Gasteiger partial charge in [0, 0.05) is 26.7 Å². The molecule has 0 aliphatic carbocycles. The highest BCUT2D eigenvalue weighted by molar-refractivity contribution is 7.89. The van der Waals surface area contributed by atoms with E-state index in [-0.39, 0.29) is 0 Å². The van der Waals surface area contributed by atoms with E-state index in [1.54, 1.807) is 23.0 Å². The topological polar surface area (TPSA) is 58.4 Å². The van der Waals surface area contributed by atoms with E-state index in [0.717, 1.165) is 31.0 Å². The van der Waals surface area contributed by atoms with Gasteiger partial charge in [-0.05, 0) is 64.5 Å². The molecule has 0 saturated carbocycles. The minimum Gasteiger partial charge on any atom is -0.303 e. The van der Waals surface area contributed by atoms with E-state index in [4.69, 9.17) is 0 Å². The molecule has 2 aliphatic heterocycles. The summed E-state index contributed by atoms with van der Waals surface area (Å²) in [6.07, 6.45) is 4.52. The highest BCUT2D eigenvalue weighted by Crippen LogP contribution is 2.28. The summed E-state index contributed by atoms with van der Waals surface area (Å²) in [5.41, 5.74) is 1.33.